The van der Waals surface area contributed by atoms with Crippen molar-refractivity contribution in [3.63, 3.8) is 0 Å². The Balaban J connectivity index is 1.75. The van der Waals surface area contributed by atoms with Gasteiger partial charge in [-0.25, -0.2) is 4.39 Å². The second kappa shape index (κ2) is 3.95. The highest BCUT2D eigenvalue weighted by atomic mass is 35.5. The Bertz CT molecular complexity index is 531. The Morgan fingerprint density at radius 2 is 2.05 bits per heavy atom. The van der Waals surface area contributed by atoms with Crippen LogP contribution < -0.4 is 5.73 Å². The second-order valence-electron chi connectivity index (χ2n) is 6.73. The lowest BCUT2D eigenvalue weighted by molar-refractivity contribution is 0.153. The van der Waals surface area contributed by atoms with E-state index in [1.54, 1.807) is 6.07 Å². The summed E-state index contributed by atoms with van der Waals surface area (Å²) in [5.41, 5.74) is 6.93. The summed E-state index contributed by atoms with van der Waals surface area (Å²) in [5.74, 6) is 2.58. The summed E-state index contributed by atoms with van der Waals surface area (Å²) in [7, 11) is 0. The summed E-state index contributed by atoms with van der Waals surface area (Å²) in [5, 5.41) is 0.451. The van der Waals surface area contributed by atoms with E-state index in [4.69, 9.17) is 17.3 Å². The molecule has 3 heteroatoms. The van der Waals surface area contributed by atoms with Crippen molar-refractivity contribution in [3.05, 3.63) is 34.6 Å². The van der Waals surface area contributed by atoms with Crippen molar-refractivity contribution in [3.8, 4) is 0 Å². The normalized spacial score (nSPS) is 43.7. The van der Waals surface area contributed by atoms with Gasteiger partial charge in [-0.05, 0) is 61.5 Å². The molecule has 0 saturated heterocycles. The van der Waals surface area contributed by atoms with E-state index in [9.17, 15) is 4.39 Å². The highest BCUT2D eigenvalue weighted by molar-refractivity contribution is 6.30. The number of nitrogens with two attached hydrogens (primary N) is 1. The molecule has 3 fully saturated rings. The predicted octanol–water partition coefficient (Wildman–Crippen LogP) is 4.09. The smallest absolute Gasteiger partial charge is 0.129 e. The van der Waals surface area contributed by atoms with Crippen molar-refractivity contribution >= 4 is 11.6 Å². The average Bonchev–Trinajstić information content (AvgIpc) is 2.98. The van der Waals surface area contributed by atoms with Crippen LogP contribution >= 0.6 is 11.6 Å². The molecule has 3 aliphatic rings. The van der Waals surface area contributed by atoms with E-state index in [-0.39, 0.29) is 5.82 Å². The number of rotatable bonds is 1. The number of halogens is 2. The van der Waals surface area contributed by atoms with Gasteiger partial charge in [0.25, 0.3) is 0 Å². The maximum absolute atomic E-state index is 14.3. The molecule has 5 atom stereocenters. The van der Waals surface area contributed by atoms with Crippen molar-refractivity contribution in [2.75, 3.05) is 0 Å². The molecule has 0 radical (unpaired) electrons. The molecule has 2 N–H and O–H groups in total. The van der Waals surface area contributed by atoms with Crippen LogP contribution in [-0.2, 0) is 5.54 Å². The van der Waals surface area contributed by atoms with Gasteiger partial charge in [-0.15, -0.1) is 0 Å². The van der Waals surface area contributed by atoms with Gasteiger partial charge >= 0.3 is 0 Å². The van der Waals surface area contributed by atoms with E-state index in [1.165, 1.54) is 31.7 Å². The van der Waals surface area contributed by atoms with Crippen LogP contribution in [0.15, 0.2) is 18.2 Å². The fraction of sp³-hybridized carbons (Fsp3) is 0.625. The Morgan fingerprint density at radius 3 is 2.84 bits per heavy atom. The van der Waals surface area contributed by atoms with Crippen LogP contribution in [0, 0.1) is 29.5 Å². The van der Waals surface area contributed by atoms with Crippen LogP contribution in [0.25, 0.3) is 0 Å². The third-order valence-corrected chi connectivity index (χ3v) is 6.23. The highest BCUT2D eigenvalue weighted by Crippen LogP contribution is 2.64. The fourth-order valence-corrected chi connectivity index (χ4v) is 5.53. The molecule has 0 aliphatic heterocycles. The number of hydrogen-bond donors (Lipinski definition) is 1. The predicted molar refractivity (Wildman–Crippen MR) is 74.3 cm³/mol. The molecule has 0 amide bonds. The Labute approximate surface area is 118 Å². The maximum atomic E-state index is 14.3. The Morgan fingerprint density at radius 1 is 1.26 bits per heavy atom. The van der Waals surface area contributed by atoms with Gasteiger partial charge in [-0.2, -0.15) is 0 Å². The molecule has 3 saturated carbocycles. The lowest BCUT2D eigenvalue weighted by Crippen LogP contribution is -2.47. The zero-order valence-electron chi connectivity index (χ0n) is 10.9. The number of hydrogen-bond acceptors (Lipinski definition) is 1. The van der Waals surface area contributed by atoms with E-state index in [1.807, 2.05) is 6.07 Å². The van der Waals surface area contributed by atoms with Gasteiger partial charge < -0.3 is 5.73 Å². The first-order valence-electron chi connectivity index (χ1n) is 7.34. The van der Waals surface area contributed by atoms with Crippen molar-refractivity contribution in [1.29, 1.82) is 0 Å². The molecule has 0 spiro atoms. The SMILES string of the molecule is NC1(c2ccc(Cl)cc2F)CC2CC1C1CCCC21. The highest BCUT2D eigenvalue weighted by Gasteiger charge is 2.60. The van der Waals surface area contributed by atoms with Crippen molar-refractivity contribution in [1.82, 2.24) is 0 Å². The van der Waals surface area contributed by atoms with Crippen molar-refractivity contribution in [2.45, 2.75) is 37.6 Å². The molecule has 0 aromatic heterocycles. The topological polar surface area (TPSA) is 26.0 Å². The molecule has 0 heterocycles. The summed E-state index contributed by atoms with van der Waals surface area (Å²) >= 11 is 5.86. The second-order valence-corrected chi connectivity index (χ2v) is 7.17. The third kappa shape index (κ3) is 1.56. The minimum Gasteiger partial charge on any atom is -0.321 e. The van der Waals surface area contributed by atoms with Gasteiger partial charge in [-0.3, -0.25) is 0 Å². The van der Waals surface area contributed by atoms with Crippen LogP contribution in [-0.4, -0.2) is 0 Å². The van der Waals surface area contributed by atoms with E-state index >= 15 is 0 Å². The van der Waals surface area contributed by atoms with Gasteiger partial charge in [0.2, 0.25) is 0 Å². The molecular weight excluding hydrogens is 261 g/mol. The van der Waals surface area contributed by atoms with Crippen LogP contribution in [0.1, 0.15) is 37.7 Å². The van der Waals surface area contributed by atoms with Gasteiger partial charge in [0.05, 0.1) is 0 Å². The molecule has 19 heavy (non-hydrogen) atoms. The van der Waals surface area contributed by atoms with Crippen molar-refractivity contribution in [2.24, 2.45) is 29.4 Å². The van der Waals surface area contributed by atoms with Gasteiger partial charge in [0.1, 0.15) is 5.82 Å². The van der Waals surface area contributed by atoms with Crippen LogP contribution in [0.4, 0.5) is 4.39 Å². The summed E-state index contributed by atoms with van der Waals surface area (Å²) < 4.78 is 14.3. The number of fused-ring (bicyclic) bond motifs is 5. The van der Waals surface area contributed by atoms with Crippen LogP contribution in [0.5, 0.6) is 0 Å². The van der Waals surface area contributed by atoms with E-state index in [0.29, 0.717) is 16.5 Å². The monoisotopic (exact) mass is 279 g/mol. The third-order valence-electron chi connectivity index (χ3n) is 6.00. The molecule has 102 valence electrons. The molecule has 5 unspecified atom stereocenters. The summed E-state index contributed by atoms with van der Waals surface area (Å²) in [6.07, 6.45) is 6.15. The largest absolute Gasteiger partial charge is 0.321 e. The lowest BCUT2D eigenvalue weighted by Gasteiger charge is -2.40. The van der Waals surface area contributed by atoms with E-state index < -0.39 is 5.54 Å². The molecule has 1 nitrogen and oxygen atoms in total. The zero-order chi connectivity index (χ0) is 13.2. The minimum absolute atomic E-state index is 0.225. The lowest BCUT2D eigenvalue weighted by atomic mass is 9.68. The van der Waals surface area contributed by atoms with Gasteiger partial charge in [-0.1, -0.05) is 24.1 Å². The Kier molecular flexibility index (Phi) is 2.53. The zero-order valence-corrected chi connectivity index (χ0v) is 11.7. The average molecular weight is 280 g/mol. The first-order chi connectivity index (χ1) is 9.09. The standard InChI is InChI=1S/C16H19ClFN/c17-10-4-5-13(15(18)7-10)16(19)8-9-6-14(16)12-3-1-2-11(9)12/h4-5,7,9,11-12,14H,1-3,6,8,19H2. The molecule has 2 bridgehead atoms. The van der Waals surface area contributed by atoms with E-state index in [0.717, 1.165) is 24.2 Å². The van der Waals surface area contributed by atoms with Gasteiger partial charge in [0.15, 0.2) is 0 Å². The quantitative estimate of drug-likeness (QED) is 0.823. The van der Waals surface area contributed by atoms with Crippen molar-refractivity contribution < 1.29 is 4.39 Å². The molecule has 1 aromatic carbocycles. The molecule has 1 aromatic rings. The Hall–Kier alpha value is -0.600. The fourth-order valence-electron chi connectivity index (χ4n) is 5.37. The first kappa shape index (κ1) is 12.2. The van der Waals surface area contributed by atoms with E-state index in [2.05, 4.69) is 0 Å². The number of benzene rings is 1. The summed E-state index contributed by atoms with van der Waals surface area (Å²) in [6, 6.07) is 4.98. The minimum atomic E-state index is -0.454. The maximum Gasteiger partial charge on any atom is 0.129 e. The first-order valence-corrected chi connectivity index (χ1v) is 7.72. The summed E-state index contributed by atoms with van der Waals surface area (Å²) in [4.78, 5) is 0. The summed E-state index contributed by atoms with van der Waals surface area (Å²) in [6.45, 7) is 0. The van der Waals surface area contributed by atoms with Crippen LogP contribution in [0.3, 0.4) is 0 Å². The molecule has 4 rings (SSSR count). The molecule has 3 aliphatic carbocycles. The molecular formula is C16H19ClFN. The van der Waals surface area contributed by atoms with Crippen LogP contribution in [0.2, 0.25) is 5.02 Å². The van der Waals surface area contributed by atoms with Gasteiger partial charge in [0, 0.05) is 16.1 Å².